The summed E-state index contributed by atoms with van der Waals surface area (Å²) in [4.78, 5) is 24.7. The van der Waals surface area contributed by atoms with Gasteiger partial charge in [0.05, 0.1) is 4.90 Å². The summed E-state index contributed by atoms with van der Waals surface area (Å²) in [5.41, 5.74) is 0.153. The van der Waals surface area contributed by atoms with Crippen molar-refractivity contribution < 1.29 is 18.7 Å². The first-order valence-corrected chi connectivity index (χ1v) is 9.02. The molecule has 0 spiro atoms. The summed E-state index contributed by atoms with van der Waals surface area (Å²) < 4.78 is 21.6. The number of hydrogen-bond donors (Lipinski definition) is 2. The van der Waals surface area contributed by atoms with E-state index in [4.69, 9.17) is 4.74 Å². The minimum atomic E-state index is -0.754. The summed E-state index contributed by atoms with van der Waals surface area (Å²) in [7, 11) is 0. The molecule has 1 aromatic rings. The lowest BCUT2D eigenvalue weighted by molar-refractivity contribution is -0.121. The molecule has 5 nitrogen and oxygen atoms in total. The van der Waals surface area contributed by atoms with E-state index in [2.05, 4.69) is 10.0 Å². The molecule has 0 fully saturated rings. The van der Waals surface area contributed by atoms with Gasteiger partial charge in [-0.1, -0.05) is 19.9 Å². The number of carbonyl (C=O) groups excluding carboxylic acids is 2. The fourth-order valence-corrected chi connectivity index (χ4v) is 2.66. The molecule has 0 radical (unpaired) electrons. The number of carbonyl (C=O) groups is 2. The molecule has 1 unspecified atom stereocenters. The van der Waals surface area contributed by atoms with Crippen molar-refractivity contribution in [2.24, 2.45) is 5.92 Å². The van der Waals surface area contributed by atoms with Gasteiger partial charge >= 0.3 is 6.09 Å². The normalized spacial score (nSPS) is 12.6. The average Bonchev–Trinajstić information content (AvgIpc) is 2.42. The number of hydrogen-bond acceptors (Lipinski definition) is 4. The summed E-state index contributed by atoms with van der Waals surface area (Å²) in [5, 5.41) is 2.58. The Hall–Kier alpha value is -1.76. The van der Waals surface area contributed by atoms with E-state index < -0.39 is 29.5 Å². The van der Waals surface area contributed by atoms with E-state index in [9.17, 15) is 14.0 Å². The first-order chi connectivity index (χ1) is 11.5. The van der Waals surface area contributed by atoms with Crippen LogP contribution >= 0.6 is 11.9 Å². The first-order valence-electron chi connectivity index (χ1n) is 8.20. The fourth-order valence-electron chi connectivity index (χ4n) is 2.02. The maximum absolute atomic E-state index is 13.8. The number of alkyl carbamates (subject to hydrolysis) is 1. The van der Waals surface area contributed by atoms with Gasteiger partial charge < -0.3 is 10.1 Å². The second kappa shape index (κ2) is 9.08. The van der Waals surface area contributed by atoms with Gasteiger partial charge in [0.25, 0.3) is 5.91 Å². The number of aryl methyl sites for hydroxylation is 1. The van der Waals surface area contributed by atoms with Crippen LogP contribution in [0.15, 0.2) is 23.1 Å². The van der Waals surface area contributed by atoms with Crippen molar-refractivity contribution in [1.82, 2.24) is 10.0 Å². The first kappa shape index (κ1) is 21.3. The van der Waals surface area contributed by atoms with Crippen LogP contribution in [0.25, 0.3) is 0 Å². The van der Waals surface area contributed by atoms with Crippen LogP contribution < -0.4 is 10.0 Å². The average molecular weight is 370 g/mol. The Labute approximate surface area is 153 Å². The van der Waals surface area contributed by atoms with E-state index in [1.165, 1.54) is 6.07 Å². The monoisotopic (exact) mass is 370 g/mol. The molecule has 0 aliphatic heterocycles. The second-order valence-electron chi connectivity index (χ2n) is 7.33. The molecule has 0 heterocycles. The molecule has 2 amide bonds. The highest BCUT2D eigenvalue weighted by molar-refractivity contribution is 7.98. The molecule has 0 aliphatic rings. The van der Waals surface area contributed by atoms with Crippen LogP contribution in [0.2, 0.25) is 0 Å². The van der Waals surface area contributed by atoms with Crippen molar-refractivity contribution in [2.45, 2.75) is 64.5 Å². The molecule has 0 saturated carbocycles. The summed E-state index contributed by atoms with van der Waals surface area (Å²) >= 11 is 0.893. The van der Waals surface area contributed by atoms with Crippen molar-refractivity contribution in [1.29, 1.82) is 0 Å². The van der Waals surface area contributed by atoms with Crippen LogP contribution in [0, 0.1) is 18.7 Å². The molecule has 0 aliphatic carbocycles. The predicted octanol–water partition coefficient (Wildman–Crippen LogP) is 4.20. The van der Waals surface area contributed by atoms with Gasteiger partial charge in [-0.3, -0.25) is 9.52 Å². The number of benzene rings is 1. The Kier molecular flexibility index (Phi) is 7.73. The predicted molar refractivity (Wildman–Crippen MR) is 97.7 cm³/mol. The van der Waals surface area contributed by atoms with Crippen molar-refractivity contribution >= 4 is 23.9 Å². The molecule has 0 saturated heterocycles. The SMILES string of the molecule is Cc1ccc(SNC(=O)C(CC(C)C)NC(=O)OC(C)(C)C)c(F)c1. The van der Waals surface area contributed by atoms with Crippen LogP contribution in [0.3, 0.4) is 0 Å². The van der Waals surface area contributed by atoms with Crippen LogP contribution in [0.5, 0.6) is 0 Å². The van der Waals surface area contributed by atoms with Crippen LogP contribution in [-0.4, -0.2) is 23.6 Å². The lowest BCUT2D eigenvalue weighted by Gasteiger charge is -2.24. The number of ether oxygens (including phenoxy) is 1. The van der Waals surface area contributed by atoms with Gasteiger partial charge in [-0.25, -0.2) is 9.18 Å². The molecule has 1 rings (SSSR count). The van der Waals surface area contributed by atoms with Gasteiger partial charge in [-0.05, 0) is 69.7 Å². The summed E-state index contributed by atoms with van der Waals surface area (Å²) in [6.07, 6.45) is -0.207. The van der Waals surface area contributed by atoms with Gasteiger partial charge in [-0.2, -0.15) is 0 Å². The van der Waals surface area contributed by atoms with Crippen molar-refractivity contribution in [3.8, 4) is 0 Å². The summed E-state index contributed by atoms with van der Waals surface area (Å²) in [5.74, 6) is -0.609. The number of nitrogens with one attached hydrogen (secondary N) is 2. The zero-order chi connectivity index (χ0) is 19.2. The largest absolute Gasteiger partial charge is 0.444 e. The molecule has 7 heteroatoms. The van der Waals surface area contributed by atoms with E-state index in [-0.39, 0.29) is 5.92 Å². The van der Waals surface area contributed by atoms with Gasteiger partial charge in [0.1, 0.15) is 17.5 Å². The molecule has 140 valence electrons. The topological polar surface area (TPSA) is 67.4 Å². The van der Waals surface area contributed by atoms with Crippen molar-refractivity contribution in [2.75, 3.05) is 0 Å². The molecular formula is C18H27FN2O3S. The Morgan fingerprint density at radius 3 is 2.44 bits per heavy atom. The molecule has 0 aromatic heterocycles. The summed E-state index contributed by atoms with van der Waals surface area (Å²) in [6, 6.07) is 4.02. The maximum atomic E-state index is 13.8. The standard InChI is InChI=1S/C18H27FN2O3S/c1-11(2)9-14(20-17(23)24-18(4,5)6)16(22)21-25-15-8-7-12(3)10-13(15)19/h7-8,10-11,14H,9H2,1-6H3,(H,20,23)(H,21,22). The molecular weight excluding hydrogens is 343 g/mol. The fraction of sp³-hybridized carbons (Fsp3) is 0.556. The van der Waals surface area contributed by atoms with Crippen molar-refractivity contribution in [3.63, 3.8) is 0 Å². The highest BCUT2D eigenvalue weighted by Crippen LogP contribution is 2.20. The van der Waals surface area contributed by atoms with E-state index in [1.54, 1.807) is 39.8 Å². The molecule has 2 N–H and O–H groups in total. The minimum Gasteiger partial charge on any atom is -0.444 e. The zero-order valence-corrected chi connectivity index (χ0v) is 16.4. The van der Waals surface area contributed by atoms with Crippen LogP contribution in [0.1, 0.15) is 46.6 Å². The summed E-state index contributed by atoms with van der Waals surface area (Å²) in [6.45, 7) is 10.9. The Balaban J connectivity index is 2.71. The zero-order valence-electron chi connectivity index (χ0n) is 15.6. The molecule has 0 bridgehead atoms. The Morgan fingerprint density at radius 1 is 1.28 bits per heavy atom. The quantitative estimate of drug-likeness (QED) is 0.737. The van der Waals surface area contributed by atoms with Gasteiger partial charge in [-0.15, -0.1) is 0 Å². The Bertz CT molecular complexity index is 615. The minimum absolute atomic E-state index is 0.187. The molecule has 25 heavy (non-hydrogen) atoms. The third kappa shape index (κ3) is 8.25. The van der Waals surface area contributed by atoms with Gasteiger partial charge in [0.15, 0.2) is 0 Å². The van der Waals surface area contributed by atoms with E-state index >= 15 is 0 Å². The van der Waals surface area contributed by atoms with Crippen molar-refractivity contribution in [3.05, 3.63) is 29.6 Å². The third-order valence-corrected chi connectivity index (χ3v) is 3.92. The lowest BCUT2D eigenvalue weighted by Crippen LogP contribution is -2.47. The van der Waals surface area contributed by atoms with E-state index in [0.717, 1.165) is 17.5 Å². The van der Waals surface area contributed by atoms with E-state index in [0.29, 0.717) is 11.3 Å². The van der Waals surface area contributed by atoms with Gasteiger partial charge in [0.2, 0.25) is 0 Å². The van der Waals surface area contributed by atoms with E-state index in [1.807, 2.05) is 13.8 Å². The molecule has 1 atom stereocenters. The lowest BCUT2D eigenvalue weighted by atomic mass is 10.0. The van der Waals surface area contributed by atoms with Crippen LogP contribution in [0.4, 0.5) is 9.18 Å². The maximum Gasteiger partial charge on any atom is 0.408 e. The smallest absolute Gasteiger partial charge is 0.408 e. The van der Waals surface area contributed by atoms with Gasteiger partial charge in [0, 0.05) is 0 Å². The van der Waals surface area contributed by atoms with Crippen LogP contribution in [-0.2, 0) is 9.53 Å². The highest BCUT2D eigenvalue weighted by atomic mass is 32.2. The second-order valence-corrected chi connectivity index (χ2v) is 8.18. The highest BCUT2D eigenvalue weighted by Gasteiger charge is 2.25. The number of amides is 2. The third-order valence-electron chi connectivity index (χ3n) is 3.06. The number of rotatable bonds is 6. The number of halogens is 1. The Morgan fingerprint density at radius 2 is 1.92 bits per heavy atom. The molecule has 1 aromatic carbocycles.